The van der Waals surface area contributed by atoms with Gasteiger partial charge in [-0.15, -0.1) is 0 Å². The second kappa shape index (κ2) is 9.94. The number of benzene rings is 1. The summed E-state index contributed by atoms with van der Waals surface area (Å²) in [6.45, 7) is 1.65. The number of nitrogens with zero attached hydrogens (tertiary/aromatic N) is 5. The molecule has 1 aliphatic heterocycles. The number of hydrogen-bond donors (Lipinski definition) is 0. The van der Waals surface area contributed by atoms with E-state index < -0.39 is 0 Å². The molecule has 172 valence electrons. The standard InChI is InChI=1S/C25H28FN5O2/c1-29(2)25-27-17-21(18-6-8-20(26)9-7-18)24(28-25)19-10-14-31(15-11-19)23(33)12-16-30-13-4-3-5-22(30)32/h3-9,13,17,19H,10-12,14-16H2,1-2H3. The zero-order chi connectivity index (χ0) is 23.4. The lowest BCUT2D eigenvalue weighted by atomic mass is 9.89. The van der Waals surface area contributed by atoms with Crippen molar-refractivity contribution in [2.75, 3.05) is 32.1 Å². The summed E-state index contributed by atoms with van der Waals surface area (Å²) < 4.78 is 15.0. The Balaban J connectivity index is 1.46. The molecular formula is C25H28FN5O2. The fraction of sp³-hybridized carbons (Fsp3) is 0.360. The van der Waals surface area contributed by atoms with Crippen LogP contribution in [0.5, 0.6) is 0 Å². The van der Waals surface area contributed by atoms with Crippen LogP contribution in [-0.4, -0.2) is 52.5 Å². The molecule has 0 aliphatic carbocycles. The van der Waals surface area contributed by atoms with Crippen molar-refractivity contribution in [1.82, 2.24) is 19.4 Å². The van der Waals surface area contributed by atoms with E-state index in [1.807, 2.05) is 23.9 Å². The van der Waals surface area contributed by atoms with Gasteiger partial charge in [0.1, 0.15) is 5.82 Å². The normalized spacial score (nSPS) is 14.3. The number of carbonyl (C=O) groups is 1. The van der Waals surface area contributed by atoms with Crippen LogP contribution in [0.25, 0.3) is 11.1 Å². The highest BCUT2D eigenvalue weighted by atomic mass is 19.1. The molecule has 0 unspecified atom stereocenters. The zero-order valence-corrected chi connectivity index (χ0v) is 18.9. The Kier molecular flexibility index (Phi) is 6.82. The van der Waals surface area contributed by atoms with Gasteiger partial charge in [-0.3, -0.25) is 9.59 Å². The van der Waals surface area contributed by atoms with Gasteiger partial charge in [0.15, 0.2) is 0 Å². The Morgan fingerprint density at radius 1 is 1.12 bits per heavy atom. The SMILES string of the molecule is CN(C)c1ncc(-c2ccc(F)cc2)c(C2CCN(C(=O)CCn3ccccc3=O)CC2)n1. The Morgan fingerprint density at radius 2 is 1.85 bits per heavy atom. The first-order valence-electron chi connectivity index (χ1n) is 11.2. The maximum absolute atomic E-state index is 13.4. The maximum Gasteiger partial charge on any atom is 0.250 e. The molecule has 3 heterocycles. The van der Waals surface area contributed by atoms with E-state index in [1.165, 1.54) is 18.2 Å². The van der Waals surface area contributed by atoms with Crippen molar-refractivity contribution < 1.29 is 9.18 Å². The van der Waals surface area contributed by atoms with Gasteiger partial charge in [0.2, 0.25) is 11.9 Å². The minimum atomic E-state index is -0.282. The molecule has 1 aromatic carbocycles. The van der Waals surface area contributed by atoms with E-state index in [1.54, 1.807) is 41.2 Å². The first kappa shape index (κ1) is 22.6. The van der Waals surface area contributed by atoms with Gasteiger partial charge < -0.3 is 14.4 Å². The van der Waals surface area contributed by atoms with Crippen LogP contribution in [0, 0.1) is 5.82 Å². The fourth-order valence-electron chi connectivity index (χ4n) is 4.19. The van der Waals surface area contributed by atoms with Crippen LogP contribution < -0.4 is 10.5 Å². The minimum Gasteiger partial charge on any atom is -0.347 e. The number of pyridine rings is 1. The molecule has 0 N–H and O–H groups in total. The fourth-order valence-corrected chi connectivity index (χ4v) is 4.19. The Hall–Kier alpha value is -3.55. The minimum absolute atomic E-state index is 0.0552. The molecule has 1 fully saturated rings. The number of piperidine rings is 1. The van der Waals surface area contributed by atoms with Gasteiger partial charge >= 0.3 is 0 Å². The summed E-state index contributed by atoms with van der Waals surface area (Å²) in [6, 6.07) is 11.4. The first-order valence-corrected chi connectivity index (χ1v) is 11.2. The molecule has 3 aromatic rings. The number of aryl methyl sites for hydroxylation is 1. The molecule has 8 heteroatoms. The highest BCUT2D eigenvalue weighted by Crippen LogP contribution is 2.35. The second-order valence-corrected chi connectivity index (χ2v) is 8.51. The van der Waals surface area contributed by atoms with E-state index in [0.717, 1.165) is 29.7 Å². The first-order chi connectivity index (χ1) is 15.9. The summed E-state index contributed by atoms with van der Waals surface area (Å²) in [6.07, 6.45) is 5.38. The molecule has 7 nitrogen and oxygen atoms in total. The summed E-state index contributed by atoms with van der Waals surface area (Å²) in [5.74, 6) is 0.575. The van der Waals surface area contributed by atoms with Gasteiger partial charge in [-0.1, -0.05) is 18.2 Å². The van der Waals surface area contributed by atoms with E-state index in [9.17, 15) is 14.0 Å². The van der Waals surface area contributed by atoms with Gasteiger partial charge in [0.05, 0.1) is 5.69 Å². The number of anilines is 1. The highest BCUT2D eigenvalue weighted by Gasteiger charge is 2.27. The second-order valence-electron chi connectivity index (χ2n) is 8.51. The molecule has 33 heavy (non-hydrogen) atoms. The van der Waals surface area contributed by atoms with Gasteiger partial charge in [-0.2, -0.15) is 0 Å². The lowest BCUT2D eigenvalue weighted by molar-refractivity contribution is -0.132. The number of likely N-dealkylation sites (tertiary alicyclic amines) is 1. The number of amides is 1. The van der Waals surface area contributed by atoms with Gasteiger partial charge in [0.25, 0.3) is 5.56 Å². The van der Waals surface area contributed by atoms with Crippen LogP contribution in [-0.2, 0) is 11.3 Å². The molecule has 1 aliphatic rings. The number of carbonyl (C=O) groups excluding carboxylic acids is 1. The maximum atomic E-state index is 13.4. The molecule has 1 amide bonds. The van der Waals surface area contributed by atoms with E-state index in [0.29, 0.717) is 32.0 Å². The van der Waals surface area contributed by atoms with E-state index >= 15 is 0 Å². The van der Waals surface area contributed by atoms with Gasteiger partial charge in [-0.25, -0.2) is 14.4 Å². The van der Waals surface area contributed by atoms with Crippen molar-refractivity contribution >= 4 is 11.9 Å². The molecule has 1 saturated heterocycles. The Bertz CT molecular complexity index is 1170. The van der Waals surface area contributed by atoms with E-state index in [2.05, 4.69) is 4.98 Å². The molecule has 0 atom stereocenters. The number of aromatic nitrogens is 3. The van der Waals surface area contributed by atoms with Crippen molar-refractivity contribution in [2.24, 2.45) is 0 Å². The average Bonchev–Trinajstić information content (AvgIpc) is 2.83. The zero-order valence-electron chi connectivity index (χ0n) is 18.9. The van der Waals surface area contributed by atoms with Crippen LogP contribution in [0.4, 0.5) is 10.3 Å². The third-order valence-electron chi connectivity index (χ3n) is 6.06. The third-order valence-corrected chi connectivity index (χ3v) is 6.06. The van der Waals surface area contributed by atoms with Crippen LogP contribution >= 0.6 is 0 Å². The highest BCUT2D eigenvalue weighted by molar-refractivity contribution is 5.76. The van der Waals surface area contributed by atoms with Crippen molar-refractivity contribution in [1.29, 1.82) is 0 Å². The van der Waals surface area contributed by atoms with Gasteiger partial charge in [0, 0.05) is 70.1 Å². The van der Waals surface area contributed by atoms with Crippen molar-refractivity contribution in [3.63, 3.8) is 0 Å². The molecular weight excluding hydrogens is 421 g/mol. The molecule has 4 rings (SSSR count). The van der Waals surface area contributed by atoms with Crippen molar-refractivity contribution in [3.8, 4) is 11.1 Å². The van der Waals surface area contributed by atoms with Crippen molar-refractivity contribution in [2.45, 2.75) is 31.7 Å². The predicted molar refractivity (Wildman–Crippen MR) is 126 cm³/mol. The predicted octanol–water partition coefficient (Wildman–Crippen LogP) is 3.31. The number of halogens is 1. The van der Waals surface area contributed by atoms with Crippen LogP contribution in [0.15, 0.2) is 59.7 Å². The Morgan fingerprint density at radius 3 is 2.52 bits per heavy atom. The third kappa shape index (κ3) is 5.27. The number of rotatable bonds is 6. The van der Waals surface area contributed by atoms with Gasteiger partial charge in [-0.05, 0) is 36.6 Å². The Labute approximate surface area is 192 Å². The summed E-state index contributed by atoms with van der Waals surface area (Å²) in [4.78, 5) is 37.6. The van der Waals surface area contributed by atoms with Crippen LogP contribution in [0.1, 0.15) is 30.9 Å². The van der Waals surface area contributed by atoms with Crippen molar-refractivity contribution in [3.05, 3.63) is 76.7 Å². The molecule has 0 spiro atoms. The topological polar surface area (TPSA) is 71.3 Å². The lowest BCUT2D eigenvalue weighted by Crippen LogP contribution is -2.39. The summed E-state index contributed by atoms with van der Waals surface area (Å²) in [7, 11) is 3.80. The average molecular weight is 450 g/mol. The smallest absolute Gasteiger partial charge is 0.250 e. The quantitative estimate of drug-likeness (QED) is 0.578. The van der Waals surface area contributed by atoms with E-state index in [-0.39, 0.29) is 23.2 Å². The summed E-state index contributed by atoms with van der Waals surface area (Å²) >= 11 is 0. The largest absolute Gasteiger partial charge is 0.347 e. The summed E-state index contributed by atoms with van der Waals surface area (Å²) in [5.41, 5.74) is 2.61. The lowest BCUT2D eigenvalue weighted by Gasteiger charge is -2.33. The molecule has 2 aromatic heterocycles. The molecule has 0 radical (unpaired) electrons. The monoisotopic (exact) mass is 449 g/mol. The number of hydrogen-bond acceptors (Lipinski definition) is 5. The van der Waals surface area contributed by atoms with E-state index in [4.69, 9.17) is 4.98 Å². The molecule has 0 saturated carbocycles. The van der Waals surface area contributed by atoms with Crippen LogP contribution in [0.3, 0.4) is 0 Å². The van der Waals surface area contributed by atoms with Crippen LogP contribution in [0.2, 0.25) is 0 Å². The molecule has 0 bridgehead atoms. The summed E-state index contributed by atoms with van der Waals surface area (Å²) in [5, 5.41) is 0.